The van der Waals surface area contributed by atoms with Gasteiger partial charge in [-0.1, -0.05) is 11.8 Å². The van der Waals surface area contributed by atoms with Gasteiger partial charge in [-0.15, -0.1) is 39.1 Å². The molecule has 7 heteroatoms. The van der Waals surface area contributed by atoms with Gasteiger partial charge in [0.2, 0.25) is 5.16 Å². The van der Waals surface area contributed by atoms with E-state index in [2.05, 4.69) is 15.2 Å². The predicted octanol–water partition coefficient (Wildman–Crippen LogP) is 1.40. The fraction of sp³-hybridized carbons (Fsp3) is 0.600. The molecule has 0 fully saturated rings. The highest BCUT2D eigenvalue weighted by molar-refractivity contribution is 8.93. The monoisotopic (exact) mass is 318 g/mol. The smallest absolute Gasteiger partial charge is 0.208 e. The quantitative estimate of drug-likeness (QED) is 0.650. The Hall–Kier alpha value is 0.410. The molecule has 0 aliphatic rings. The zero-order valence-corrected chi connectivity index (χ0v) is 10.6. The summed E-state index contributed by atoms with van der Waals surface area (Å²) in [5.41, 5.74) is 5.31. The van der Waals surface area contributed by atoms with Crippen molar-refractivity contribution in [3.63, 3.8) is 0 Å². The third kappa shape index (κ3) is 5.99. The third-order valence-electron chi connectivity index (χ3n) is 0.973. The van der Waals surface area contributed by atoms with E-state index in [0.29, 0.717) is 0 Å². The van der Waals surface area contributed by atoms with Crippen LogP contribution >= 0.6 is 45.7 Å². The highest BCUT2D eigenvalue weighted by Gasteiger charge is 1.94. The van der Waals surface area contributed by atoms with E-state index in [-0.39, 0.29) is 34.0 Å². The van der Waals surface area contributed by atoms with E-state index in [1.165, 1.54) is 0 Å². The topological polar surface area (TPSA) is 67.6 Å². The fourth-order valence-corrected chi connectivity index (χ4v) is 1.25. The molecular weight excluding hydrogens is 308 g/mol. The summed E-state index contributed by atoms with van der Waals surface area (Å²) in [7, 11) is 0. The molecule has 4 nitrogen and oxygen atoms in total. The van der Waals surface area contributed by atoms with E-state index < -0.39 is 0 Å². The van der Waals surface area contributed by atoms with E-state index in [1.54, 1.807) is 18.1 Å². The Balaban J connectivity index is 0. The van der Waals surface area contributed by atoms with Crippen LogP contribution in [0.2, 0.25) is 0 Å². The van der Waals surface area contributed by atoms with Gasteiger partial charge in [0.1, 0.15) is 6.33 Å². The number of hydrogen-bond acceptors (Lipinski definition) is 4. The molecule has 0 aliphatic carbocycles. The molecule has 1 rings (SSSR count). The number of thioether (sulfide) groups is 1. The molecule has 0 aliphatic heterocycles. The zero-order chi connectivity index (χ0) is 7.23. The maximum absolute atomic E-state index is 5.31. The lowest BCUT2D eigenvalue weighted by atomic mass is 10.5. The van der Waals surface area contributed by atoms with Crippen molar-refractivity contribution in [1.82, 2.24) is 15.2 Å². The molecule has 0 amide bonds. The number of aromatic nitrogens is 3. The number of rotatable bonds is 4. The summed E-state index contributed by atoms with van der Waals surface area (Å²) in [6, 6.07) is 0. The summed E-state index contributed by atoms with van der Waals surface area (Å²) in [6.07, 6.45) is 2.59. The van der Waals surface area contributed by atoms with Crippen LogP contribution in [0.15, 0.2) is 11.5 Å². The van der Waals surface area contributed by atoms with Crippen LogP contribution in [0.5, 0.6) is 0 Å². The Morgan fingerprint density at radius 3 is 2.75 bits per heavy atom. The van der Waals surface area contributed by atoms with Crippen molar-refractivity contribution >= 4 is 45.7 Å². The minimum atomic E-state index is 0. The van der Waals surface area contributed by atoms with Crippen molar-refractivity contribution in [3.05, 3.63) is 6.33 Å². The summed E-state index contributed by atoms with van der Waals surface area (Å²) in [6.45, 7) is 0.734. The first-order valence-electron chi connectivity index (χ1n) is 3.12. The van der Waals surface area contributed by atoms with Crippen molar-refractivity contribution in [2.45, 2.75) is 11.6 Å². The second kappa shape index (κ2) is 9.50. The average molecular weight is 320 g/mol. The number of H-pyrrole nitrogens is 1. The van der Waals surface area contributed by atoms with Gasteiger partial charge in [0, 0.05) is 5.75 Å². The molecule has 3 N–H and O–H groups in total. The molecule has 0 saturated carbocycles. The Labute approximate surface area is 96.6 Å². The number of hydrogen-bond donors (Lipinski definition) is 2. The maximum Gasteiger partial charge on any atom is 0.208 e. The number of nitrogens with zero attached hydrogens (tertiary/aromatic N) is 2. The number of nitrogens with one attached hydrogen (secondary N) is 1. The number of aromatic amines is 1. The van der Waals surface area contributed by atoms with E-state index in [4.69, 9.17) is 5.73 Å². The van der Waals surface area contributed by atoms with Gasteiger partial charge >= 0.3 is 0 Å². The summed E-state index contributed by atoms with van der Waals surface area (Å²) >= 11 is 1.62. The fourth-order valence-electron chi connectivity index (χ4n) is 0.513. The predicted molar refractivity (Wildman–Crippen MR) is 61.4 cm³/mol. The lowest BCUT2D eigenvalue weighted by Gasteiger charge is -1.91. The molecule has 12 heavy (non-hydrogen) atoms. The second-order valence-corrected chi connectivity index (χ2v) is 2.83. The summed E-state index contributed by atoms with van der Waals surface area (Å²) in [5.74, 6) is 0.994. The molecule has 0 unspecified atom stereocenters. The van der Waals surface area contributed by atoms with Crippen molar-refractivity contribution in [2.24, 2.45) is 5.73 Å². The van der Waals surface area contributed by atoms with E-state index >= 15 is 0 Å². The van der Waals surface area contributed by atoms with E-state index in [1.807, 2.05) is 0 Å². The number of nitrogens with two attached hydrogens (primary N) is 1. The third-order valence-corrected chi connectivity index (χ3v) is 1.92. The normalized spacial score (nSPS) is 8.42. The van der Waals surface area contributed by atoms with Crippen LogP contribution in [0.4, 0.5) is 0 Å². The molecule has 0 bridgehead atoms. The highest BCUT2D eigenvalue weighted by Crippen LogP contribution is 2.10. The summed E-state index contributed by atoms with van der Waals surface area (Å²) in [5, 5.41) is 7.32. The van der Waals surface area contributed by atoms with Gasteiger partial charge in [-0.2, -0.15) is 0 Å². The van der Waals surface area contributed by atoms with Crippen LogP contribution < -0.4 is 5.73 Å². The SMILES string of the molecule is Br.Br.NCCCSc1nc[nH]n1. The number of halogens is 2. The van der Waals surface area contributed by atoms with E-state index in [0.717, 1.165) is 23.9 Å². The first-order valence-corrected chi connectivity index (χ1v) is 4.10. The molecule has 0 spiro atoms. The van der Waals surface area contributed by atoms with Crippen LogP contribution in [0, 0.1) is 0 Å². The lowest BCUT2D eigenvalue weighted by Crippen LogP contribution is -1.99. The molecule has 1 aromatic heterocycles. The first kappa shape index (κ1) is 14.9. The first-order chi connectivity index (χ1) is 4.93. The van der Waals surface area contributed by atoms with Crippen LogP contribution in [0.3, 0.4) is 0 Å². The Morgan fingerprint density at radius 2 is 2.25 bits per heavy atom. The van der Waals surface area contributed by atoms with Crippen molar-refractivity contribution < 1.29 is 0 Å². The Kier molecular flexibility index (Phi) is 11.8. The van der Waals surface area contributed by atoms with E-state index in [9.17, 15) is 0 Å². The van der Waals surface area contributed by atoms with Crippen molar-refractivity contribution in [2.75, 3.05) is 12.3 Å². The summed E-state index contributed by atoms with van der Waals surface area (Å²) in [4.78, 5) is 3.94. The lowest BCUT2D eigenvalue weighted by molar-refractivity contribution is 0.929. The molecule has 0 radical (unpaired) electrons. The average Bonchev–Trinajstić information content (AvgIpc) is 2.41. The molecular formula is C5H12Br2N4S. The molecule has 72 valence electrons. The molecule has 0 aromatic carbocycles. The van der Waals surface area contributed by atoms with Crippen molar-refractivity contribution in [3.8, 4) is 0 Å². The highest BCUT2D eigenvalue weighted by atomic mass is 79.9. The van der Waals surface area contributed by atoms with Crippen LogP contribution in [-0.4, -0.2) is 27.5 Å². The minimum absolute atomic E-state index is 0. The van der Waals surface area contributed by atoms with Gasteiger partial charge in [-0.05, 0) is 13.0 Å². The van der Waals surface area contributed by atoms with Crippen LogP contribution in [0.25, 0.3) is 0 Å². The molecule has 0 saturated heterocycles. The molecule has 1 heterocycles. The van der Waals surface area contributed by atoms with Gasteiger partial charge in [0.25, 0.3) is 0 Å². The molecule has 0 atom stereocenters. The second-order valence-electron chi connectivity index (χ2n) is 1.77. The zero-order valence-electron chi connectivity index (χ0n) is 6.40. The van der Waals surface area contributed by atoms with Gasteiger partial charge in [0.05, 0.1) is 0 Å². The van der Waals surface area contributed by atoms with Crippen LogP contribution in [0.1, 0.15) is 6.42 Å². The van der Waals surface area contributed by atoms with Gasteiger partial charge in [-0.3, -0.25) is 5.10 Å². The van der Waals surface area contributed by atoms with Crippen LogP contribution in [-0.2, 0) is 0 Å². The van der Waals surface area contributed by atoms with Crippen molar-refractivity contribution in [1.29, 1.82) is 0 Å². The Bertz CT molecular complexity index is 170. The Morgan fingerprint density at radius 1 is 1.50 bits per heavy atom. The molecule has 1 aromatic rings. The largest absolute Gasteiger partial charge is 0.330 e. The summed E-state index contributed by atoms with van der Waals surface area (Å²) < 4.78 is 0. The van der Waals surface area contributed by atoms with Gasteiger partial charge in [0.15, 0.2) is 0 Å². The maximum atomic E-state index is 5.31. The van der Waals surface area contributed by atoms with Gasteiger partial charge < -0.3 is 5.73 Å². The standard InChI is InChI=1S/C5H10N4S.2BrH/c6-2-1-3-10-5-7-4-8-9-5;;/h4H,1-3,6H2,(H,7,8,9);2*1H. The van der Waals surface area contributed by atoms with Gasteiger partial charge in [-0.25, -0.2) is 4.98 Å². The minimum Gasteiger partial charge on any atom is -0.330 e.